The SMILES string of the molecule is c1ccc(CCc2cccc3c2C[C@H]2NCC[C@@]34CCCC[C@@H]24)cc1. The average Bonchev–Trinajstić information content (AvgIpc) is 2.67. The Labute approximate surface area is 151 Å². The molecule has 0 unspecified atom stereocenters. The second-order valence-corrected chi connectivity index (χ2v) is 8.45. The summed E-state index contributed by atoms with van der Waals surface area (Å²) in [5, 5.41) is 3.89. The van der Waals surface area contributed by atoms with Crippen molar-refractivity contribution < 1.29 is 0 Å². The highest BCUT2D eigenvalue weighted by Crippen LogP contribution is 2.54. The maximum Gasteiger partial charge on any atom is 0.0144 e. The number of fused-ring (bicyclic) bond motifs is 1. The zero-order valence-electron chi connectivity index (χ0n) is 15.1. The van der Waals surface area contributed by atoms with Gasteiger partial charge in [-0.3, -0.25) is 0 Å². The predicted octanol–water partition coefficient (Wildman–Crippen LogP) is 4.82. The lowest BCUT2D eigenvalue weighted by atomic mass is 9.52. The third kappa shape index (κ3) is 2.56. The van der Waals surface area contributed by atoms with E-state index >= 15 is 0 Å². The Hall–Kier alpha value is -1.60. The lowest BCUT2D eigenvalue weighted by Gasteiger charge is -2.56. The van der Waals surface area contributed by atoms with Gasteiger partial charge in [0.2, 0.25) is 0 Å². The third-order valence-electron chi connectivity index (χ3n) is 7.32. The van der Waals surface area contributed by atoms with Crippen LogP contribution in [0.25, 0.3) is 0 Å². The highest BCUT2D eigenvalue weighted by Gasteiger charge is 2.51. The van der Waals surface area contributed by atoms with Crippen LogP contribution in [0.1, 0.15) is 54.4 Å². The molecule has 3 aliphatic rings. The molecule has 1 saturated heterocycles. The molecule has 0 amide bonds. The summed E-state index contributed by atoms with van der Waals surface area (Å²) in [6.45, 7) is 1.22. The predicted molar refractivity (Wildman–Crippen MR) is 104 cm³/mol. The van der Waals surface area contributed by atoms with Gasteiger partial charge in [0.1, 0.15) is 0 Å². The number of hydrogen-bond donors (Lipinski definition) is 1. The fourth-order valence-corrected chi connectivity index (χ4v) is 6.19. The van der Waals surface area contributed by atoms with Gasteiger partial charge >= 0.3 is 0 Å². The third-order valence-corrected chi connectivity index (χ3v) is 7.32. The first kappa shape index (κ1) is 15.6. The lowest BCUT2D eigenvalue weighted by molar-refractivity contribution is 0.0795. The van der Waals surface area contributed by atoms with Crippen LogP contribution in [-0.4, -0.2) is 12.6 Å². The highest BCUT2D eigenvalue weighted by atomic mass is 15.0. The number of hydrogen-bond acceptors (Lipinski definition) is 1. The van der Waals surface area contributed by atoms with Gasteiger partial charge in [0.05, 0.1) is 0 Å². The summed E-state index contributed by atoms with van der Waals surface area (Å²) in [5.74, 6) is 0.881. The maximum absolute atomic E-state index is 3.89. The number of rotatable bonds is 3. The van der Waals surface area contributed by atoms with Crippen LogP contribution in [0, 0.1) is 5.92 Å². The van der Waals surface area contributed by atoms with E-state index < -0.39 is 0 Å². The highest BCUT2D eigenvalue weighted by molar-refractivity contribution is 5.46. The molecule has 130 valence electrons. The van der Waals surface area contributed by atoms with E-state index in [9.17, 15) is 0 Å². The Kier molecular flexibility index (Phi) is 3.93. The average molecular weight is 332 g/mol. The van der Waals surface area contributed by atoms with E-state index in [0.29, 0.717) is 5.41 Å². The van der Waals surface area contributed by atoms with E-state index in [4.69, 9.17) is 0 Å². The first-order valence-electron chi connectivity index (χ1n) is 10.3. The summed E-state index contributed by atoms with van der Waals surface area (Å²) in [6.07, 6.45) is 10.7. The molecule has 2 fully saturated rings. The molecule has 1 saturated carbocycles. The molecule has 1 heteroatoms. The minimum atomic E-state index is 0.491. The Morgan fingerprint density at radius 1 is 0.920 bits per heavy atom. The van der Waals surface area contributed by atoms with Crippen LogP contribution in [-0.2, 0) is 24.7 Å². The molecule has 1 heterocycles. The van der Waals surface area contributed by atoms with Gasteiger partial charge in [0.25, 0.3) is 0 Å². The molecule has 1 aliphatic heterocycles. The lowest BCUT2D eigenvalue weighted by Crippen LogP contribution is -2.59. The smallest absolute Gasteiger partial charge is 0.0144 e. The molecule has 2 aromatic carbocycles. The van der Waals surface area contributed by atoms with Gasteiger partial charge in [-0.25, -0.2) is 0 Å². The Morgan fingerprint density at radius 2 is 1.84 bits per heavy atom. The van der Waals surface area contributed by atoms with Crippen molar-refractivity contribution in [2.24, 2.45) is 5.92 Å². The fourth-order valence-electron chi connectivity index (χ4n) is 6.19. The van der Waals surface area contributed by atoms with Crippen LogP contribution in [0.3, 0.4) is 0 Å². The summed E-state index contributed by atoms with van der Waals surface area (Å²) in [6, 6.07) is 18.9. The molecule has 5 rings (SSSR count). The summed E-state index contributed by atoms with van der Waals surface area (Å²) < 4.78 is 0. The van der Waals surface area contributed by atoms with Gasteiger partial charge in [-0.05, 0) is 73.2 Å². The summed E-state index contributed by atoms with van der Waals surface area (Å²) in [4.78, 5) is 0. The van der Waals surface area contributed by atoms with Gasteiger partial charge in [-0.15, -0.1) is 0 Å². The van der Waals surface area contributed by atoms with Gasteiger partial charge in [-0.1, -0.05) is 61.4 Å². The van der Waals surface area contributed by atoms with Crippen LogP contribution >= 0.6 is 0 Å². The molecule has 1 nitrogen and oxygen atoms in total. The van der Waals surface area contributed by atoms with Crippen LogP contribution in [0.5, 0.6) is 0 Å². The summed E-state index contributed by atoms with van der Waals surface area (Å²) >= 11 is 0. The van der Waals surface area contributed by atoms with E-state index in [1.54, 1.807) is 16.7 Å². The zero-order chi connectivity index (χ0) is 16.7. The van der Waals surface area contributed by atoms with E-state index in [1.165, 1.54) is 57.1 Å². The van der Waals surface area contributed by atoms with Gasteiger partial charge in [-0.2, -0.15) is 0 Å². The van der Waals surface area contributed by atoms with Crippen molar-refractivity contribution in [2.75, 3.05) is 6.54 Å². The van der Waals surface area contributed by atoms with E-state index in [0.717, 1.165) is 18.4 Å². The van der Waals surface area contributed by atoms with Crippen LogP contribution in [0.2, 0.25) is 0 Å². The molecular weight excluding hydrogens is 302 g/mol. The van der Waals surface area contributed by atoms with E-state index in [1.807, 2.05) is 0 Å². The van der Waals surface area contributed by atoms with Crippen LogP contribution in [0.15, 0.2) is 48.5 Å². The molecule has 3 atom stereocenters. The van der Waals surface area contributed by atoms with Crippen molar-refractivity contribution in [1.29, 1.82) is 0 Å². The molecule has 0 aromatic heterocycles. The van der Waals surface area contributed by atoms with Crippen LogP contribution < -0.4 is 5.32 Å². The first-order valence-corrected chi connectivity index (χ1v) is 10.3. The van der Waals surface area contributed by atoms with Gasteiger partial charge in [0.15, 0.2) is 0 Å². The standard InChI is InChI=1S/C24H29N/c1-2-7-18(8-3-1)12-13-19-9-6-11-21-20(19)17-23-22-10-4-5-14-24(21,22)15-16-25-23/h1-3,6-9,11,22-23,25H,4-5,10,12-17H2/t22-,23+,24-/m0/s1. The largest absolute Gasteiger partial charge is 0.313 e. The number of piperidine rings is 1. The molecule has 2 aromatic rings. The van der Waals surface area contributed by atoms with Crippen molar-refractivity contribution in [3.05, 3.63) is 70.8 Å². The quantitative estimate of drug-likeness (QED) is 0.850. The monoisotopic (exact) mass is 331 g/mol. The fraction of sp³-hybridized carbons (Fsp3) is 0.500. The Bertz CT molecular complexity index is 746. The van der Waals surface area contributed by atoms with Crippen LogP contribution in [0.4, 0.5) is 0 Å². The van der Waals surface area contributed by atoms with Gasteiger partial charge in [0, 0.05) is 11.5 Å². The number of nitrogens with one attached hydrogen (secondary N) is 1. The molecule has 2 bridgehead atoms. The normalized spacial score (nSPS) is 30.4. The Morgan fingerprint density at radius 3 is 2.76 bits per heavy atom. The molecular formula is C24H29N. The molecule has 0 spiro atoms. The first-order chi connectivity index (χ1) is 12.4. The Balaban J connectivity index is 1.50. The molecule has 25 heavy (non-hydrogen) atoms. The summed E-state index contributed by atoms with van der Waals surface area (Å²) in [7, 11) is 0. The maximum atomic E-state index is 3.89. The van der Waals surface area contributed by atoms with Crippen molar-refractivity contribution in [1.82, 2.24) is 5.32 Å². The van der Waals surface area contributed by atoms with Crippen molar-refractivity contribution in [2.45, 2.75) is 62.8 Å². The zero-order valence-corrected chi connectivity index (χ0v) is 15.1. The van der Waals surface area contributed by atoms with Crippen molar-refractivity contribution in [3.8, 4) is 0 Å². The minimum Gasteiger partial charge on any atom is -0.313 e. The second kappa shape index (κ2) is 6.29. The molecule has 0 radical (unpaired) electrons. The summed E-state index contributed by atoms with van der Waals surface area (Å²) in [5.41, 5.74) is 7.00. The van der Waals surface area contributed by atoms with E-state index in [-0.39, 0.29) is 0 Å². The topological polar surface area (TPSA) is 12.0 Å². The van der Waals surface area contributed by atoms with Crippen molar-refractivity contribution >= 4 is 0 Å². The number of aryl methyl sites for hydroxylation is 2. The van der Waals surface area contributed by atoms with Gasteiger partial charge < -0.3 is 5.32 Å². The minimum absolute atomic E-state index is 0.491. The molecule has 1 N–H and O–H groups in total. The van der Waals surface area contributed by atoms with Crippen molar-refractivity contribution in [3.63, 3.8) is 0 Å². The second-order valence-electron chi connectivity index (χ2n) is 8.45. The van der Waals surface area contributed by atoms with E-state index in [2.05, 4.69) is 53.8 Å². The molecule has 2 aliphatic carbocycles. The number of benzene rings is 2.